The minimum atomic E-state index is -0.899. The molecule has 4 rings (SSSR count). The molecule has 3 amide bonds. The lowest BCUT2D eigenvalue weighted by Crippen LogP contribution is -2.45. The number of hydrogen-bond acceptors (Lipinski definition) is 4. The Morgan fingerprint density at radius 2 is 2.15 bits per heavy atom. The maximum atomic E-state index is 13.1. The van der Waals surface area contributed by atoms with Crippen LogP contribution in [0.1, 0.15) is 33.2 Å². The number of nitrogens with one attached hydrogen (secondary N) is 1. The van der Waals surface area contributed by atoms with Gasteiger partial charge in [-0.25, -0.2) is 0 Å². The Hall–Kier alpha value is -2.87. The first kappa shape index (κ1) is 16.6. The van der Waals surface area contributed by atoms with Gasteiger partial charge in [-0.2, -0.15) is 5.10 Å². The van der Waals surface area contributed by atoms with Crippen LogP contribution in [0.15, 0.2) is 18.3 Å². The van der Waals surface area contributed by atoms with Crippen LogP contribution in [-0.4, -0.2) is 38.9 Å². The van der Waals surface area contributed by atoms with Gasteiger partial charge in [0.1, 0.15) is 6.04 Å². The van der Waals surface area contributed by atoms with Crippen molar-refractivity contribution in [1.29, 1.82) is 0 Å². The van der Waals surface area contributed by atoms with Crippen molar-refractivity contribution < 1.29 is 14.4 Å². The molecule has 9 heteroatoms. The second-order valence-corrected chi connectivity index (χ2v) is 6.85. The van der Waals surface area contributed by atoms with E-state index in [0.717, 1.165) is 5.69 Å². The van der Waals surface area contributed by atoms with Crippen LogP contribution < -0.4 is 11.1 Å². The summed E-state index contributed by atoms with van der Waals surface area (Å²) in [7, 11) is 1.79. The molecular weight excluding hydrogens is 358 g/mol. The lowest BCUT2D eigenvalue weighted by Gasteiger charge is -2.34. The molecule has 2 aliphatic heterocycles. The van der Waals surface area contributed by atoms with E-state index in [1.54, 1.807) is 30.1 Å². The highest BCUT2D eigenvalue weighted by atomic mass is 35.5. The van der Waals surface area contributed by atoms with Crippen LogP contribution in [-0.2, 0) is 29.5 Å². The smallest absolute Gasteiger partial charge is 0.256 e. The summed E-state index contributed by atoms with van der Waals surface area (Å²) in [5.41, 5.74) is 8.67. The first-order chi connectivity index (χ1) is 12.4. The Morgan fingerprint density at radius 3 is 2.88 bits per heavy atom. The summed E-state index contributed by atoms with van der Waals surface area (Å²) in [5, 5.41) is 7.08. The summed E-state index contributed by atoms with van der Waals surface area (Å²) < 4.78 is 1.69. The third-order valence-corrected chi connectivity index (χ3v) is 5.18. The molecule has 1 aromatic carbocycles. The monoisotopic (exact) mass is 373 g/mol. The minimum absolute atomic E-state index is 0.145. The number of benzene rings is 1. The van der Waals surface area contributed by atoms with Gasteiger partial charge in [-0.15, -0.1) is 0 Å². The van der Waals surface area contributed by atoms with Gasteiger partial charge in [0.15, 0.2) is 0 Å². The zero-order valence-electron chi connectivity index (χ0n) is 14.0. The predicted octanol–water partition coefficient (Wildman–Crippen LogP) is 0.793. The van der Waals surface area contributed by atoms with Crippen LogP contribution in [0.4, 0.5) is 5.69 Å². The molecule has 1 aromatic heterocycles. The number of halogens is 1. The van der Waals surface area contributed by atoms with Gasteiger partial charge in [0.25, 0.3) is 5.91 Å². The SMILES string of the molecule is Cn1ncc2c1CCN(C(=O)c1cc3c(cc1Cl)NC(=O)C3)C2C(N)=O. The Balaban J connectivity index is 1.74. The number of anilines is 1. The van der Waals surface area contributed by atoms with Crippen molar-refractivity contribution in [3.05, 3.63) is 45.7 Å². The first-order valence-electron chi connectivity index (χ1n) is 8.10. The van der Waals surface area contributed by atoms with Crippen molar-refractivity contribution >= 4 is 35.0 Å². The summed E-state index contributed by atoms with van der Waals surface area (Å²) in [6.45, 7) is 0.323. The van der Waals surface area contributed by atoms with E-state index in [-0.39, 0.29) is 22.9 Å². The van der Waals surface area contributed by atoms with Crippen LogP contribution in [0.25, 0.3) is 0 Å². The molecule has 0 fully saturated rings. The maximum Gasteiger partial charge on any atom is 0.256 e. The summed E-state index contributed by atoms with van der Waals surface area (Å²) in [6, 6.07) is 2.27. The summed E-state index contributed by atoms with van der Waals surface area (Å²) >= 11 is 6.27. The summed E-state index contributed by atoms with van der Waals surface area (Å²) in [4.78, 5) is 38.2. The van der Waals surface area contributed by atoms with E-state index in [2.05, 4.69) is 10.4 Å². The molecule has 26 heavy (non-hydrogen) atoms. The quantitative estimate of drug-likeness (QED) is 0.810. The molecule has 0 saturated heterocycles. The lowest BCUT2D eigenvalue weighted by molar-refractivity contribution is -0.123. The van der Waals surface area contributed by atoms with Crippen LogP contribution in [0, 0.1) is 0 Å². The van der Waals surface area contributed by atoms with E-state index in [0.29, 0.717) is 29.8 Å². The number of aryl methyl sites for hydroxylation is 1. The molecule has 0 spiro atoms. The van der Waals surface area contributed by atoms with Crippen molar-refractivity contribution in [2.45, 2.75) is 18.9 Å². The molecular formula is C17H16ClN5O3. The number of aromatic nitrogens is 2. The Labute approximate surface area is 153 Å². The molecule has 2 aliphatic rings. The van der Waals surface area contributed by atoms with Crippen molar-refractivity contribution in [3.8, 4) is 0 Å². The normalized spacial score (nSPS) is 18.3. The average Bonchev–Trinajstić information content (AvgIpc) is 3.14. The van der Waals surface area contributed by atoms with Crippen molar-refractivity contribution in [1.82, 2.24) is 14.7 Å². The van der Waals surface area contributed by atoms with Gasteiger partial charge >= 0.3 is 0 Å². The zero-order chi connectivity index (χ0) is 18.6. The number of primary amides is 1. The van der Waals surface area contributed by atoms with E-state index in [9.17, 15) is 14.4 Å². The molecule has 8 nitrogen and oxygen atoms in total. The van der Waals surface area contributed by atoms with Gasteiger partial charge in [0.2, 0.25) is 11.8 Å². The third-order valence-electron chi connectivity index (χ3n) is 4.87. The van der Waals surface area contributed by atoms with E-state index >= 15 is 0 Å². The van der Waals surface area contributed by atoms with E-state index in [1.807, 2.05) is 0 Å². The van der Waals surface area contributed by atoms with Crippen LogP contribution >= 0.6 is 11.6 Å². The van der Waals surface area contributed by atoms with Gasteiger partial charge < -0.3 is 16.0 Å². The molecule has 0 radical (unpaired) electrons. The summed E-state index contributed by atoms with van der Waals surface area (Å²) in [5.74, 6) is -1.16. The topological polar surface area (TPSA) is 110 Å². The Bertz CT molecular complexity index is 968. The Kier molecular flexibility index (Phi) is 3.73. The fourth-order valence-electron chi connectivity index (χ4n) is 3.63. The highest BCUT2D eigenvalue weighted by molar-refractivity contribution is 6.34. The van der Waals surface area contributed by atoms with E-state index < -0.39 is 17.9 Å². The third kappa shape index (κ3) is 2.45. The van der Waals surface area contributed by atoms with Crippen molar-refractivity contribution in [2.75, 3.05) is 11.9 Å². The van der Waals surface area contributed by atoms with Gasteiger partial charge in [-0.1, -0.05) is 11.6 Å². The van der Waals surface area contributed by atoms with E-state index in [4.69, 9.17) is 17.3 Å². The zero-order valence-corrected chi connectivity index (χ0v) is 14.7. The number of carbonyl (C=O) groups excluding carboxylic acids is 3. The number of hydrogen-bond donors (Lipinski definition) is 2. The molecule has 0 aliphatic carbocycles. The lowest BCUT2D eigenvalue weighted by atomic mass is 9.97. The fraction of sp³-hybridized carbons (Fsp3) is 0.294. The molecule has 1 unspecified atom stereocenters. The molecule has 0 saturated carbocycles. The van der Waals surface area contributed by atoms with E-state index in [1.165, 1.54) is 4.90 Å². The maximum absolute atomic E-state index is 13.1. The first-order valence-corrected chi connectivity index (χ1v) is 8.48. The number of amides is 3. The summed E-state index contributed by atoms with van der Waals surface area (Å²) in [6.07, 6.45) is 2.32. The number of fused-ring (bicyclic) bond motifs is 2. The molecule has 3 N–H and O–H groups in total. The number of carbonyl (C=O) groups is 3. The highest BCUT2D eigenvalue weighted by Crippen LogP contribution is 2.34. The van der Waals surface area contributed by atoms with Gasteiger partial charge in [-0.05, 0) is 17.7 Å². The Morgan fingerprint density at radius 1 is 1.38 bits per heavy atom. The predicted molar refractivity (Wildman–Crippen MR) is 93.7 cm³/mol. The van der Waals surface area contributed by atoms with Crippen molar-refractivity contribution in [2.24, 2.45) is 12.8 Å². The average molecular weight is 374 g/mol. The second kappa shape index (κ2) is 5.84. The second-order valence-electron chi connectivity index (χ2n) is 6.44. The number of nitrogens with zero attached hydrogens (tertiary/aromatic N) is 3. The minimum Gasteiger partial charge on any atom is -0.368 e. The number of nitrogens with two attached hydrogens (primary N) is 1. The number of rotatable bonds is 2. The molecule has 3 heterocycles. The fourth-order valence-corrected chi connectivity index (χ4v) is 3.87. The standard InChI is InChI=1S/C17H16ClN5O3/c1-22-13-2-3-23(15(16(19)25)10(13)7-20-22)17(26)9-4-8-5-14(24)21-12(8)6-11(9)18/h4,6-7,15H,2-3,5H2,1H3,(H2,19,25)(H,21,24). The van der Waals surface area contributed by atoms with Crippen LogP contribution in [0.5, 0.6) is 0 Å². The van der Waals surface area contributed by atoms with Crippen molar-refractivity contribution in [3.63, 3.8) is 0 Å². The van der Waals surface area contributed by atoms with Gasteiger partial charge in [0, 0.05) is 37.0 Å². The molecule has 1 atom stereocenters. The molecule has 0 bridgehead atoms. The molecule has 2 aromatic rings. The van der Waals surface area contributed by atoms with Crippen LogP contribution in [0.3, 0.4) is 0 Å². The van der Waals surface area contributed by atoms with Gasteiger partial charge in [0.05, 0.1) is 23.2 Å². The van der Waals surface area contributed by atoms with Gasteiger partial charge in [-0.3, -0.25) is 19.1 Å². The van der Waals surface area contributed by atoms with Crippen LogP contribution in [0.2, 0.25) is 5.02 Å². The molecule has 134 valence electrons. The highest BCUT2D eigenvalue weighted by Gasteiger charge is 2.38. The largest absolute Gasteiger partial charge is 0.368 e.